The van der Waals surface area contributed by atoms with E-state index in [2.05, 4.69) is 115 Å². The minimum absolute atomic E-state index is 0.192. The van der Waals surface area contributed by atoms with Crippen LogP contribution in [0.5, 0.6) is 0 Å². The molecule has 44 heavy (non-hydrogen) atoms. The molecule has 0 unspecified atom stereocenters. The number of fused-ring (bicyclic) bond motifs is 6. The van der Waals surface area contributed by atoms with Gasteiger partial charge in [0.15, 0.2) is 11.6 Å². The SMILES string of the molecule is CC1(C)c2ccc3c4ccccc4n(-c4nc(-c5ccccc5)nc(-c5ccccc5)n4)c3c2-c2cccc3cccc1c23. The van der Waals surface area contributed by atoms with Crippen molar-refractivity contribution in [1.82, 2.24) is 19.5 Å². The fourth-order valence-electron chi connectivity index (χ4n) is 7.17. The molecule has 4 heteroatoms. The molecule has 0 bridgehead atoms. The highest BCUT2D eigenvalue weighted by molar-refractivity contribution is 6.18. The topological polar surface area (TPSA) is 43.6 Å². The van der Waals surface area contributed by atoms with Crippen molar-refractivity contribution in [2.45, 2.75) is 19.3 Å². The second-order valence-electron chi connectivity index (χ2n) is 12.1. The van der Waals surface area contributed by atoms with Crippen LogP contribution in [0, 0.1) is 0 Å². The molecule has 0 atom stereocenters. The summed E-state index contributed by atoms with van der Waals surface area (Å²) in [7, 11) is 0. The van der Waals surface area contributed by atoms with Crippen LogP contribution >= 0.6 is 0 Å². The van der Waals surface area contributed by atoms with Crippen LogP contribution in [0.15, 0.2) is 133 Å². The third-order valence-corrected chi connectivity index (χ3v) is 9.24. The third kappa shape index (κ3) is 3.48. The summed E-state index contributed by atoms with van der Waals surface area (Å²) in [6, 6.07) is 47.0. The summed E-state index contributed by atoms with van der Waals surface area (Å²) < 4.78 is 2.27. The molecule has 4 nitrogen and oxygen atoms in total. The van der Waals surface area contributed by atoms with Gasteiger partial charge in [-0.2, -0.15) is 9.97 Å². The Morgan fingerprint density at radius 2 is 1.16 bits per heavy atom. The molecule has 0 radical (unpaired) electrons. The van der Waals surface area contributed by atoms with Crippen molar-refractivity contribution in [3.8, 4) is 39.9 Å². The smallest absolute Gasteiger partial charge is 0.238 e. The van der Waals surface area contributed by atoms with Crippen LogP contribution in [0.3, 0.4) is 0 Å². The van der Waals surface area contributed by atoms with Gasteiger partial charge in [0.25, 0.3) is 0 Å². The van der Waals surface area contributed by atoms with E-state index in [4.69, 9.17) is 15.0 Å². The molecule has 6 aromatic carbocycles. The molecule has 1 aliphatic rings. The number of rotatable bonds is 3. The van der Waals surface area contributed by atoms with Crippen molar-refractivity contribution in [1.29, 1.82) is 0 Å². The molecular weight excluding hydrogens is 536 g/mol. The molecule has 9 rings (SSSR count). The van der Waals surface area contributed by atoms with Gasteiger partial charge in [0, 0.05) is 32.9 Å². The minimum atomic E-state index is -0.192. The van der Waals surface area contributed by atoms with Crippen LogP contribution in [0.25, 0.3) is 72.4 Å². The molecule has 0 aliphatic heterocycles. The number of benzene rings is 6. The zero-order chi connectivity index (χ0) is 29.4. The summed E-state index contributed by atoms with van der Waals surface area (Å²) in [5.74, 6) is 1.91. The number of hydrogen-bond donors (Lipinski definition) is 0. The average Bonchev–Trinajstić information content (AvgIpc) is 3.42. The Hall–Kier alpha value is -5.61. The standard InChI is InChI=1S/C40H28N4/c1-40(2)31-21-12-18-25-17-11-20-30(34(25)31)35-32(40)24-23-29-28-19-9-10-22-33(28)44(36(29)35)39-42-37(26-13-5-3-6-14-26)41-38(43-39)27-15-7-4-8-16-27/h3-24H,1-2H3. The van der Waals surface area contributed by atoms with Crippen LogP contribution < -0.4 is 0 Å². The fraction of sp³-hybridized carbons (Fsp3) is 0.0750. The Morgan fingerprint density at radius 1 is 0.523 bits per heavy atom. The molecule has 208 valence electrons. The lowest BCUT2D eigenvalue weighted by atomic mass is 9.68. The van der Waals surface area contributed by atoms with Crippen molar-refractivity contribution in [2.24, 2.45) is 0 Å². The van der Waals surface area contributed by atoms with Crippen LogP contribution in [0.2, 0.25) is 0 Å². The largest absolute Gasteiger partial charge is 0.277 e. The van der Waals surface area contributed by atoms with E-state index in [9.17, 15) is 0 Å². The summed E-state index contributed by atoms with van der Waals surface area (Å²) in [6.45, 7) is 4.69. The lowest BCUT2D eigenvalue weighted by Crippen LogP contribution is -2.24. The first-order valence-electron chi connectivity index (χ1n) is 15.1. The molecule has 8 aromatic rings. The van der Waals surface area contributed by atoms with E-state index in [1.165, 1.54) is 43.8 Å². The Labute approximate surface area is 255 Å². The van der Waals surface area contributed by atoms with Crippen molar-refractivity contribution < 1.29 is 0 Å². The zero-order valence-electron chi connectivity index (χ0n) is 24.5. The molecule has 0 amide bonds. The van der Waals surface area contributed by atoms with E-state index < -0.39 is 0 Å². The maximum atomic E-state index is 5.19. The molecule has 2 heterocycles. The van der Waals surface area contributed by atoms with Gasteiger partial charge in [-0.1, -0.05) is 141 Å². The molecule has 0 saturated carbocycles. The summed E-state index contributed by atoms with van der Waals surface area (Å²) in [4.78, 5) is 15.4. The van der Waals surface area contributed by atoms with Crippen molar-refractivity contribution in [2.75, 3.05) is 0 Å². The van der Waals surface area contributed by atoms with Gasteiger partial charge in [-0.25, -0.2) is 4.98 Å². The predicted molar refractivity (Wildman–Crippen MR) is 180 cm³/mol. The maximum Gasteiger partial charge on any atom is 0.238 e. The van der Waals surface area contributed by atoms with E-state index in [0.29, 0.717) is 17.6 Å². The first kappa shape index (κ1) is 24.9. The van der Waals surface area contributed by atoms with Crippen LogP contribution in [-0.4, -0.2) is 19.5 Å². The van der Waals surface area contributed by atoms with Crippen molar-refractivity contribution >= 4 is 32.6 Å². The Kier molecular flexibility index (Phi) is 5.21. The van der Waals surface area contributed by atoms with E-state index >= 15 is 0 Å². The third-order valence-electron chi connectivity index (χ3n) is 9.24. The second kappa shape index (κ2) is 9.19. The molecule has 0 spiro atoms. The van der Waals surface area contributed by atoms with E-state index in [-0.39, 0.29) is 5.41 Å². The van der Waals surface area contributed by atoms with Gasteiger partial charge in [-0.3, -0.25) is 4.57 Å². The maximum absolute atomic E-state index is 5.19. The summed E-state index contributed by atoms with van der Waals surface area (Å²) >= 11 is 0. The minimum Gasteiger partial charge on any atom is -0.277 e. The molecule has 0 fully saturated rings. The first-order chi connectivity index (χ1) is 21.6. The molecular formula is C40H28N4. The predicted octanol–water partition coefficient (Wildman–Crippen LogP) is 9.76. The van der Waals surface area contributed by atoms with Crippen molar-refractivity contribution in [3.63, 3.8) is 0 Å². The van der Waals surface area contributed by atoms with Crippen molar-refractivity contribution in [3.05, 3.63) is 145 Å². The summed E-state index contributed by atoms with van der Waals surface area (Å²) in [5.41, 5.74) is 9.08. The Balaban J connectivity index is 1.46. The fourth-order valence-corrected chi connectivity index (χ4v) is 7.17. The van der Waals surface area contributed by atoms with Gasteiger partial charge < -0.3 is 0 Å². The van der Waals surface area contributed by atoms with Gasteiger partial charge in [0.2, 0.25) is 5.95 Å². The monoisotopic (exact) mass is 564 g/mol. The zero-order valence-corrected chi connectivity index (χ0v) is 24.5. The Bertz CT molecular complexity index is 2340. The number of nitrogens with zero attached hydrogens (tertiary/aromatic N) is 4. The highest BCUT2D eigenvalue weighted by atomic mass is 15.2. The lowest BCUT2D eigenvalue weighted by molar-refractivity contribution is 0.646. The normalized spacial score (nSPS) is 13.4. The van der Waals surface area contributed by atoms with Crippen LogP contribution in [0.4, 0.5) is 0 Å². The van der Waals surface area contributed by atoms with E-state index in [1.54, 1.807) is 0 Å². The molecule has 0 N–H and O–H groups in total. The van der Waals surface area contributed by atoms with Crippen LogP contribution in [0.1, 0.15) is 25.0 Å². The molecule has 0 saturated heterocycles. The molecule has 1 aliphatic carbocycles. The van der Waals surface area contributed by atoms with Gasteiger partial charge in [0.05, 0.1) is 11.0 Å². The Morgan fingerprint density at radius 3 is 1.86 bits per heavy atom. The highest BCUT2D eigenvalue weighted by Gasteiger charge is 2.35. The van der Waals surface area contributed by atoms with E-state index in [0.717, 1.165) is 22.2 Å². The second-order valence-corrected chi connectivity index (χ2v) is 12.1. The lowest BCUT2D eigenvalue weighted by Gasteiger charge is -2.35. The summed E-state index contributed by atoms with van der Waals surface area (Å²) in [6.07, 6.45) is 0. The number of aromatic nitrogens is 4. The molecule has 2 aromatic heterocycles. The average molecular weight is 565 g/mol. The van der Waals surface area contributed by atoms with Gasteiger partial charge in [-0.05, 0) is 33.5 Å². The summed E-state index contributed by atoms with van der Waals surface area (Å²) in [5, 5.41) is 4.95. The van der Waals surface area contributed by atoms with Gasteiger partial charge in [0.1, 0.15) is 0 Å². The van der Waals surface area contributed by atoms with Gasteiger partial charge in [-0.15, -0.1) is 0 Å². The first-order valence-corrected chi connectivity index (χ1v) is 15.1. The quantitative estimate of drug-likeness (QED) is 0.215. The van der Waals surface area contributed by atoms with E-state index in [1.807, 2.05) is 36.4 Å². The van der Waals surface area contributed by atoms with Crippen LogP contribution in [-0.2, 0) is 5.41 Å². The number of hydrogen-bond acceptors (Lipinski definition) is 3. The van der Waals surface area contributed by atoms with Gasteiger partial charge >= 0.3 is 0 Å². The highest BCUT2D eigenvalue weighted by Crippen LogP contribution is 2.52. The number of para-hydroxylation sites is 1.